The van der Waals surface area contributed by atoms with Crippen LogP contribution in [0.5, 0.6) is 5.75 Å². The summed E-state index contributed by atoms with van der Waals surface area (Å²) in [4.78, 5) is 38.8. The lowest BCUT2D eigenvalue weighted by Crippen LogP contribution is -2.28. The summed E-state index contributed by atoms with van der Waals surface area (Å²) >= 11 is 0. The molecule has 0 saturated carbocycles. The van der Waals surface area contributed by atoms with Crippen molar-refractivity contribution in [1.29, 1.82) is 0 Å². The third-order valence-corrected chi connectivity index (χ3v) is 4.87. The Labute approximate surface area is 164 Å². The number of hydrogen-bond donors (Lipinski definition) is 0. The number of esters is 1. The van der Waals surface area contributed by atoms with Crippen molar-refractivity contribution in [2.45, 2.75) is 19.8 Å². The molecule has 1 aliphatic rings. The minimum atomic E-state index is -0.581. The summed E-state index contributed by atoms with van der Waals surface area (Å²) in [6, 6.07) is 14.4. The van der Waals surface area contributed by atoms with Crippen molar-refractivity contribution in [2.24, 2.45) is 5.92 Å². The van der Waals surface area contributed by atoms with Gasteiger partial charge in [-0.15, -0.1) is 0 Å². The van der Waals surface area contributed by atoms with Gasteiger partial charge in [0.05, 0.1) is 18.6 Å². The highest BCUT2D eigenvalue weighted by Crippen LogP contribution is 2.29. The smallest absolute Gasteiger partial charge is 0.311 e. The maximum atomic E-state index is 12.4. The number of para-hydroxylation sites is 2. The van der Waals surface area contributed by atoms with E-state index < -0.39 is 11.9 Å². The maximum absolute atomic E-state index is 12.4. The fourth-order valence-electron chi connectivity index (χ4n) is 3.38. The van der Waals surface area contributed by atoms with Crippen molar-refractivity contribution in [3.8, 4) is 5.75 Å². The first-order chi connectivity index (χ1) is 13.5. The standard InChI is InChI=1S/C22H23NO5/c1-3-15-8-4-6-10-18(15)23-13-16(12-21(23)25)22(26)28-14-19(24)17-9-5-7-11-20(17)27-2/h4-11,16H,3,12-14H2,1-2H3/t16-/m0/s1. The molecule has 2 aromatic rings. The van der Waals surface area contributed by atoms with Gasteiger partial charge in [-0.1, -0.05) is 37.3 Å². The molecule has 0 radical (unpaired) electrons. The van der Waals surface area contributed by atoms with Crippen molar-refractivity contribution in [3.63, 3.8) is 0 Å². The van der Waals surface area contributed by atoms with Gasteiger partial charge in [0.1, 0.15) is 5.75 Å². The second-order valence-electron chi connectivity index (χ2n) is 6.62. The number of ether oxygens (including phenoxy) is 2. The minimum Gasteiger partial charge on any atom is -0.496 e. The van der Waals surface area contributed by atoms with Crippen molar-refractivity contribution >= 4 is 23.3 Å². The van der Waals surface area contributed by atoms with E-state index in [9.17, 15) is 14.4 Å². The summed E-state index contributed by atoms with van der Waals surface area (Å²) in [5, 5.41) is 0. The van der Waals surface area contributed by atoms with E-state index in [1.54, 1.807) is 29.2 Å². The number of hydrogen-bond acceptors (Lipinski definition) is 5. The number of aryl methyl sites for hydroxylation is 1. The lowest BCUT2D eigenvalue weighted by atomic mass is 10.1. The Morgan fingerprint density at radius 3 is 2.57 bits per heavy atom. The van der Waals surface area contributed by atoms with Crippen molar-refractivity contribution in [1.82, 2.24) is 0 Å². The third-order valence-electron chi connectivity index (χ3n) is 4.87. The van der Waals surface area contributed by atoms with E-state index in [2.05, 4.69) is 0 Å². The van der Waals surface area contributed by atoms with E-state index in [1.165, 1.54) is 7.11 Å². The van der Waals surface area contributed by atoms with Crippen LogP contribution in [-0.4, -0.2) is 37.9 Å². The molecule has 1 aliphatic heterocycles. The van der Waals surface area contributed by atoms with Crippen LogP contribution < -0.4 is 9.64 Å². The van der Waals surface area contributed by atoms with Crippen molar-refractivity contribution < 1.29 is 23.9 Å². The molecule has 0 aliphatic carbocycles. The molecule has 0 aromatic heterocycles. The quantitative estimate of drug-likeness (QED) is 0.544. The lowest BCUT2D eigenvalue weighted by molar-refractivity contribution is -0.147. The number of carbonyl (C=O) groups is 3. The van der Waals surface area contributed by atoms with Crippen LogP contribution in [0.3, 0.4) is 0 Å². The van der Waals surface area contributed by atoms with Gasteiger partial charge in [0.15, 0.2) is 6.61 Å². The Kier molecular flexibility index (Phi) is 6.09. The van der Waals surface area contributed by atoms with Gasteiger partial charge in [0, 0.05) is 18.7 Å². The molecule has 6 nitrogen and oxygen atoms in total. The molecular formula is C22H23NO5. The van der Waals surface area contributed by atoms with E-state index in [0.29, 0.717) is 11.3 Å². The molecule has 0 unspecified atom stereocenters. The summed E-state index contributed by atoms with van der Waals surface area (Å²) < 4.78 is 10.4. The highest BCUT2D eigenvalue weighted by molar-refractivity contribution is 6.02. The average Bonchev–Trinajstić information content (AvgIpc) is 3.13. The minimum absolute atomic E-state index is 0.0831. The van der Waals surface area contributed by atoms with Gasteiger partial charge in [-0.2, -0.15) is 0 Å². The van der Waals surface area contributed by atoms with Gasteiger partial charge < -0.3 is 14.4 Å². The van der Waals surface area contributed by atoms with Crippen LogP contribution >= 0.6 is 0 Å². The first kappa shape index (κ1) is 19.6. The van der Waals surface area contributed by atoms with E-state index >= 15 is 0 Å². The van der Waals surface area contributed by atoms with Crippen LogP contribution in [0.25, 0.3) is 0 Å². The van der Waals surface area contributed by atoms with Gasteiger partial charge in [-0.3, -0.25) is 14.4 Å². The molecule has 1 atom stereocenters. The second-order valence-corrected chi connectivity index (χ2v) is 6.62. The predicted molar refractivity (Wildman–Crippen MR) is 105 cm³/mol. The number of benzene rings is 2. The van der Waals surface area contributed by atoms with Gasteiger partial charge in [-0.25, -0.2) is 0 Å². The molecule has 3 rings (SSSR count). The number of rotatable bonds is 7. The van der Waals surface area contributed by atoms with E-state index in [4.69, 9.17) is 9.47 Å². The predicted octanol–water partition coefficient (Wildman–Crippen LogP) is 3.04. The van der Waals surface area contributed by atoms with Crippen LogP contribution in [0.2, 0.25) is 0 Å². The Morgan fingerprint density at radius 1 is 1.11 bits per heavy atom. The number of anilines is 1. The molecule has 0 N–H and O–H groups in total. The molecule has 2 aromatic carbocycles. The average molecular weight is 381 g/mol. The normalized spacial score (nSPS) is 16.1. The number of Topliss-reactive ketones (excluding diaryl/α,β-unsaturated/α-hetero) is 1. The Balaban J connectivity index is 1.63. The molecule has 1 heterocycles. The monoisotopic (exact) mass is 381 g/mol. The van der Waals surface area contributed by atoms with Gasteiger partial charge in [0.25, 0.3) is 0 Å². The second kappa shape index (κ2) is 8.69. The van der Waals surface area contributed by atoms with Crippen molar-refractivity contribution in [2.75, 3.05) is 25.2 Å². The number of methoxy groups -OCH3 is 1. The molecule has 0 bridgehead atoms. The number of carbonyl (C=O) groups excluding carboxylic acids is 3. The molecule has 6 heteroatoms. The van der Waals surface area contributed by atoms with Crippen LogP contribution in [0.15, 0.2) is 48.5 Å². The zero-order valence-electron chi connectivity index (χ0n) is 16.0. The summed E-state index contributed by atoms with van der Waals surface area (Å²) in [5.41, 5.74) is 2.24. The zero-order valence-corrected chi connectivity index (χ0v) is 16.0. The Morgan fingerprint density at radius 2 is 1.82 bits per heavy atom. The summed E-state index contributed by atoms with van der Waals surface area (Å²) in [6.07, 6.45) is 0.877. The number of amides is 1. The van der Waals surface area contributed by atoms with E-state index in [-0.39, 0.29) is 31.3 Å². The number of ketones is 1. The van der Waals surface area contributed by atoms with E-state index in [1.807, 2.05) is 31.2 Å². The molecule has 1 amide bonds. The fraction of sp³-hybridized carbons (Fsp3) is 0.318. The third kappa shape index (κ3) is 4.06. The number of nitrogens with zero attached hydrogens (tertiary/aromatic N) is 1. The van der Waals surface area contributed by atoms with Gasteiger partial charge in [-0.05, 0) is 30.2 Å². The van der Waals surface area contributed by atoms with Crippen LogP contribution in [-0.2, 0) is 20.7 Å². The van der Waals surface area contributed by atoms with Gasteiger partial charge in [0.2, 0.25) is 11.7 Å². The Hall–Kier alpha value is -3.15. The highest BCUT2D eigenvalue weighted by atomic mass is 16.5. The highest BCUT2D eigenvalue weighted by Gasteiger charge is 2.37. The topological polar surface area (TPSA) is 72.9 Å². The van der Waals surface area contributed by atoms with Crippen LogP contribution in [0.1, 0.15) is 29.3 Å². The van der Waals surface area contributed by atoms with Crippen LogP contribution in [0, 0.1) is 5.92 Å². The molecule has 1 saturated heterocycles. The van der Waals surface area contributed by atoms with Crippen LogP contribution in [0.4, 0.5) is 5.69 Å². The molecule has 146 valence electrons. The first-order valence-electron chi connectivity index (χ1n) is 9.26. The summed E-state index contributed by atoms with van der Waals surface area (Å²) in [7, 11) is 1.48. The van der Waals surface area contributed by atoms with E-state index in [0.717, 1.165) is 17.7 Å². The fourth-order valence-corrected chi connectivity index (χ4v) is 3.38. The SMILES string of the molecule is CCc1ccccc1N1C[C@@H](C(=O)OCC(=O)c2ccccc2OC)CC1=O. The van der Waals surface area contributed by atoms with Gasteiger partial charge >= 0.3 is 5.97 Å². The summed E-state index contributed by atoms with van der Waals surface area (Å²) in [6.45, 7) is 1.90. The molecule has 28 heavy (non-hydrogen) atoms. The zero-order chi connectivity index (χ0) is 20.1. The molecular weight excluding hydrogens is 358 g/mol. The molecule has 0 spiro atoms. The first-order valence-corrected chi connectivity index (χ1v) is 9.26. The van der Waals surface area contributed by atoms with Crippen molar-refractivity contribution in [3.05, 3.63) is 59.7 Å². The maximum Gasteiger partial charge on any atom is 0.311 e. The lowest BCUT2D eigenvalue weighted by Gasteiger charge is -2.19. The summed E-state index contributed by atoms with van der Waals surface area (Å²) in [5.74, 6) is -1.14. The largest absolute Gasteiger partial charge is 0.496 e. The Bertz CT molecular complexity index is 892. The molecule has 1 fully saturated rings.